The molecular formula is C12H20N2O6S. The Balaban J connectivity index is 3.79. The molecule has 0 heterocycles. The molecule has 0 aliphatic rings. The highest BCUT2D eigenvalue weighted by Crippen LogP contribution is 2.03. The zero-order chi connectivity index (χ0) is 16.3. The molecule has 0 aliphatic heterocycles. The molecule has 0 radical (unpaired) electrons. The van der Waals surface area contributed by atoms with Crippen LogP contribution in [0.1, 0.15) is 19.8 Å². The number of esters is 1. The Morgan fingerprint density at radius 3 is 2.48 bits per heavy atom. The fourth-order valence-corrected chi connectivity index (χ4v) is 2.17. The van der Waals surface area contributed by atoms with Crippen LogP contribution in [0.3, 0.4) is 0 Å². The number of hydrogen-bond donors (Lipinski definition) is 3. The number of methoxy groups -OCH3 is 1. The first kappa shape index (κ1) is 19.2. The average Bonchev–Trinajstić information content (AvgIpc) is 2.41. The summed E-state index contributed by atoms with van der Waals surface area (Å²) in [5.74, 6) is -1.98. The number of rotatable bonds is 10. The van der Waals surface area contributed by atoms with Gasteiger partial charge in [0.05, 0.1) is 12.9 Å². The third kappa shape index (κ3) is 10.7. The summed E-state index contributed by atoms with van der Waals surface area (Å²) in [4.78, 5) is 43.9. The second-order valence-corrected chi connectivity index (χ2v) is 5.17. The van der Waals surface area contributed by atoms with Gasteiger partial charge in [-0.2, -0.15) is 0 Å². The summed E-state index contributed by atoms with van der Waals surface area (Å²) < 4.78 is 4.46. The molecule has 3 N–H and O–H groups in total. The van der Waals surface area contributed by atoms with Crippen molar-refractivity contribution in [2.45, 2.75) is 25.8 Å². The van der Waals surface area contributed by atoms with Gasteiger partial charge in [0.15, 0.2) is 0 Å². The first-order valence-electron chi connectivity index (χ1n) is 6.28. The second kappa shape index (κ2) is 11.0. The van der Waals surface area contributed by atoms with Crippen molar-refractivity contribution in [3.8, 4) is 0 Å². The van der Waals surface area contributed by atoms with Gasteiger partial charge in [-0.25, -0.2) is 4.79 Å². The fourth-order valence-electron chi connectivity index (χ4n) is 1.30. The molecule has 0 saturated carbocycles. The van der Waals surface area contributed by atoms with Crippen molar-refractivity contribution in [3.05, 3.63) is 0 Å². The molecule has 0 aliphatic carbocycles. The minimum Gasteiger partial charge on any atom is -0.480 e. The van der Waals surface area contributed by atoms with Crippen molar-refractivity contribution in [1.82, 2.24) is 10.6 Å². The van der Waals surface area contributed by atoms with Crippen molar-refractivity contribution in [2.75, 3.05) is 25.2 Å². The lowest BCUT2D eigenvalue weighted by Crippen LogP contribution is -2.41. The molecule has 0 fully saturated rings. The molecule has 0 saturated heterocycles. The molecule has 8 nitrogen and oxygen atoms in total. The van der Waals surface area contributed by atoms with Crippen molar-refractivity contribution in [2.24, 2.45) is 0 Å². The van der Waals surface area contributed by atoms with Crippen molar-refractivity contribution in [3.63, 3.8) is 0 Å². The van der Waals surface area contributed by atoms with Crippen LogP contribution in [0.15, 0.2) is 0 Å². The van der Waals surface area contributed by atoms with E-state index in [1.165, 1.54) is 14.0 Å². The minimum atomic E-state index is -1.14. The van der Waals surface area contributed by atoms with E-state index < -0.39 is 17.9 Å². The number of hydrogen-bond acceptors (Lipinski definition) is 6. The van der Waals surface area contributed by atoms with Gasteiger partial charge in [-0.3, -0.25) is 14.4 Å². The molecule has 1 unspecified atom stereocenters. The van der Waals surface area contributed by atoms with Crippen LogP contribution >= 0.6 is 11.8 Å². The Hall–Kier alpha value is -1.77. The molecular weight excluding hydrogens is 300 g/mol. The smallest absolute Gasteiger partial charge is 0.327 e. The summed E-state index contributed by atoms with van der Waals surface area (Å²) in [7, 11) is 1.30. The molecule has 0 aromatic carbocycles. The van der Waals surface area contributed by atoms with Crippen LogP contribution in [0.25, 0.3) is 0 Å². The van der Waals surface area contributed by atoms with Gasteiger partial charge in [0.25, 0.3) is 0 Å². The highest BCUT2D eigenvalue weighted by molar-refractivity contribution is 8.00. The maximum Gasteiger partial charge on any atom is 0.327 e. The van der Waals surface area contributed by atoms with E-state index in [9.17, 15) is 19.2 Å². The van der Waals surface area contributed by atoms with E-state index in [2.05, 4.69) is 15.4 Å². The third-order valence-electron chi connectivity index (χ3n) is 2.30. The number of carboxylic acids is 1. The molecule has 0 rings (SSSR count). The van der Waals surface area contributed by atoms with E-state index in [4.69, 9.17) is 5.11 Å². The van der Waals surface area contributed by atoms with Gasteiger partial charge in [-0.15, -0.1) is 11.8 Å². The van der Waals surface area contributed by atoms with Crippen LogP contribution in [-0.2, 0) is 23.9 Å². The van der Waals surface area contributed by atoms with Crippen LogP contribution in [-0.4, -0.2) is 60.1 Å². The monoisotopic (exact) mass is 320 g/mol. The minimum absolute atomic E-state index is 0.0849. The molecule has 0 aromatic heterocycles. The first-order valence-corrected chi connectivity index (χ1v) is 7.43. The summed E-state index contributed by atoms with van der Waals surface area (Å²) >= 11 is 1.11. The van der Waals surface area contributed by atoms with Gasteiger partial charge < -0.3 is 20.5 Å². The van der Waals surface area contributed by atoms with E-state index in [0.29, 0.717) is 13.0 Å². The number of carboxylic acid groups (broad SMARTS) is 1. The Morgan fingerprint density at radius 2 is 1.95 bits per heavy atom. The number of carbonyl (C=O) groups is 4. The van der Waals surface area contributed by atoms with E-state index in [1.807, 2.05) is 0 Å². The Morgan fingerprint density at radius 1 is 1.29 bits per heavy atom. The standard InChI is InChI=1S/C12H20N2O6S/c1-8(15)14-9(12(18)19)6-21-7-10(16)13-5-3-4-11(17)20-2/h9H,3-7H2,1-2H3,(H,13,16)(H,14,15)(H,18,19). The number of aliphatic carboxylic acids is 1. The van der Waals surface area contributed by atoms with Crippen LogP contribution in [0.2, 0.25) is 0 Å². The third-order valence-corrected chi connectivity index (χ3v) is 3.34. The average molecular weight is 320 g/mol. The molecule has 120 valence electrons. The lowest BCUT2D eigenvalue weighted by atomic mass is 10.3. The van der Waals surface area contributed by atoms with Gasteiger partial charge in [-0.1, -0.05) is 0 Å². The van der Waals surface area contributed by atoms with Crippen molar-refractivity contribution >= 4 is 35.5 Å². The number of amides is 2. The number of thioether (sulfide) groups is 1. The highest BCUT2D eigenvalue weighted by Gasteiger charge is 2.18. The Labute approximate surface area is 127 Å². The van der Waals surface area contributed by atoms with Crippen LogP contribution < -0.4 is 10.6 Å². The SMILES string of the molecule is COC(=O)CCCNC(=O)CSCC(NC(C)=O)C(=O)O. The van der Waals surface area contributed by atoms with Gasteiger partial charge in [0.1, 0.15) is 6.04 Å². The number of nitrogens with one attached hydrogen (secondary N) is 2. The molecule has 21 heavy (non-hydrogen) atoms. The van der Waals surface area contributed by atoms with Crippen LogP contribution in [0.5, 0.6) is 0 Å². The topological polar surface area (TPSA) is 122 Å². The maximum absolute atomic E-state index is 11.4. The Kier molecular flexibility index (Phi) is 10.0. The predicted octanol–water partition coefficient (Wildman–Crippen LogP) is -0.622. The lowest BCUT2D eigenvalue weighted by molar-refractivity contribution is -0.141. The largest absolute Gasteiger partial charge is 0.480 e. The zero-order valence-electron chi connectivity index (χ0n) is 12.0. The Bertz CT molecular complexity index is 388. The van der Waals surface area contributed by atoms with Gasteiger partial charge in [-0.05, 0) is 6.42 Å². The maximum atomic E-state index is 11.4. The number of carbonyl (C=O) groups excluding carboxylic acids is 3. The fraction of sp³-hybridized carbons (Fsp3) is 0.667. The predicted molar refractivity (Wildman–Crippen MR) is 76.8 cm³/mol. The molecule has 2 amide bonds. The van der Waals surface area contributed by atoms with Crippen molar-refractivity contribution < 1.29 is 29.0 Å². The van der Waals surface area contributed by atoms with Gasteiger partial charge in [0, 0.05) is 25.6 Å². The first-order chi connectivity index (χ1) is 9.86. The van der Waals surface area contributed by atoms with Crippen LogP contribution in [0.4, 0.5) is 0 Å². The summed E-state index contributed by atoms with van der Waals surface area (Å²) in [5, 5.41) is 13.7. The normalized spacial score (nSPS) is 11.3. The van der Waals surface area contributed by atoms with E-state index in [1.54, 1.807) is 0 Å². The van der Waals surface area contributed by atoms with Gasteiger partial charge in [0.2, 0.25) is 11.8 Å². The van der Waals surface area contributed by atoms with Gasteiger partial charge >= 0.3 is 11.9 Å². The highest BCUT2D eigenvalue weighted by atomic mass is 32.2. The quantitative estimate of drug-likeness (QED) is 0.362. The summed E-state index contributed by atoms with van der Waals surface area (Å²) in [6.07, 6.45) is 0.709. The van der Waals surface area contributed by atoms with E-state index in [-0.39, 0.29) is 29.8 Å². The lowest BCUT2D eigenvalue weighted by Gasteiger charge is -2.12. The molecule has 1 atom stereocenters. The zero-order valence-corrected chi connectivity index (χ0v) is 12.8. The molecule has 9 heteroatoms. The van der Waals surface area contributed by atoms with Crippen molar-refractivity contribution in [1.29, 1.82) is 0 Å². The van der Waals surface area contributed by atoms with E-state index in [0.717, 1.165) is 11.8 Å². The summed E-state index contributed by atoms with van der Waals surface area (Å²) in [6, 6.07) is -1.01. The summed E-state index contributed by atoms with van der Waals surface area (Å²) in [5.41, 5.74) is 0. The second-order valence-electron chi connectivity index (χ2n) is 4.14. The van der Waals surface area contributed by atoms with Crippen LogP contribution in [0, 0.1) is 0 Å². The molecule has 0 bridgehead atoms. The molecule has 0 spiro atoms. The summed E-state index contributed by atoms with van der Waals surface area (Å²) in [6.45, 7) is 1.58. The van der Waals surface area contributed by atoms with E-state index >= 15 is 0 Å². The molecule has 0 aromatic rings. The number of ether oxygens (including phenoxy) is 1.